The zero-order chi connectivity index (χ0) is 57.3. The van der Waals surface area contributed by atoms with E-state index < -0.39 is 52.8 Å². The van der Waals surface area contributed by atoms with Gasteiger partial charge in [-0.15, -0.1) is 11.8 Å². The van der Waals surface area contributed by atoms with Gasteiger partial charge in [-0.2, -0.15) is 13.2 Å². The molecular weight excluding hydrogens is 1120 g/mol. The van der Waals surface area contributed by atoms with E-state index in [0.29, 0.717) is 42.6 Å². The van der Waals surface area contributed by atoms with E-state index in [1.165, 1.54) is 40.6 Å². The number of benzene rings is 5. The van der Waals surface area contributed by atoms with E-state index in [1.807, 2.05) is 71.5 Å². The third kappa shape index (κ3) is 13.9. The molecule has 0 saturated carbocycles. The molecule has 3 N–H and O–H groups in total. The number of thioether (sulfide) groups is 1. The average Bonchev–Trinajstić information content (AvgIpc) is 3.59. The van der Waals surface area contributed by atoms with E-state index in [4.69, 9.17) is 11.6 Å². The van der Waals surface area contributed by atoms with Crippen LogP contribution in [0.3, 0.4) is 0 Å². The summed E-state index contributed by atoms with van der Waals surface area (Å²) in [6.45, 7) is 11.3. The van der Waals surface area contributed by atoms with E-state index in [9.17, 15) is 44.4 Å². The van der Waals surface area contributed by atoms with Gasteiger partial charge < -0.3 is 15.1 Å². The van der Waals surface area contributed by atoms with Crippen LogP contribution in [0.4, 0.5) is 24.5 Å². The van der Waals surface area contributed by atoms with Crippen LogP contribution < -0.4 is 20.3 Å². The Morgan fingerprint density at radius 1 is 0.827 bits per heavy atom. The molecule has 0 spiro atoms. The number of rotatable bonds is 19. The van der Waals surface area contributed by atoms with Crippen molar-refractivity contribution in [2.45, 2.75) is 110 Å². The number of fused-ring (bicyclic) bond motifs is 2. The summed E-state index contributed by atoms with van der Waals surface area (Å²) in [5.41, 5.74) is 0.849. The van der Waals surface area contributed by atoms with Crippen LogP contribution in [0.25, 0.3) is 5.57 Å². The van der Waals surface area contributed by atoms with Gasteiger partial charge in [0, 0.05) is 110 Å². The number of anilines is 2. The zero-order valence-electron chi connectivity index (χ0n) is 45.3. The number of allylic oxidation sites excluding steroid dienone is 1. The summed E-state index contributed by atoms with van der Waals surface area (Å²) in [6.07, 6.45) is 5.35. The lowest BCUT2D eigenvalue weighted by Crippen LogP contribution is -2.68. The number of piperidine rings is 2. The Balaban J connectivity index is 0.776. The van der Waals surface area contributed by atoms with Crippen LogP contribution in [-0.2, 0) is 36.0 Å². The summed E-state index contributed by atoms with van der Waals surface area (Å²) in [6, 6.07) is 34.3. The topological polar surface area (TPSA) is 169 Å². The van der Waals surface area contributed by atoms with Gasteiger partial charge in [0.1, 0.15) is 4.90 Å². The lowest BCUT2D eigenvalue weighted by molar-refractivity contribution is -0.134. The zero-order valence-corrected chi connectivity index (χ0v) is 48.5. The molecule has 1 aliphatic carbocycles. The highest BCUT2D eigenvalue weighted by Gasteiger charge is 2.49. The summed E-state index contributed by atoms with van der Waals surface area (Å²) in [7, 11) is -11.0. The summed E-state index contributed by atoms with van der Waals surface area (Å²) >= 11 is 7.66. The Hall–Kier alpha value is -5.74. The molecular formula is C60H67ClF3N7O7S3. The fourth-order valence-corrected chi connectivity index (χ4v) is 15.1. The summed E-state index contributed by atoms with van der Waals surface area (Å²) in [4.78, 5) is 45.8. The van der Waals surface area contributed by atoms with Gasteiger partial charge in [-0.3, -0.25) is 29.5 Å². The molecule has 5 fully saturated rings. The number of carbonyl (C=O) groups excluding carboxylic acids is 3. The molecule has 0 radical (unpaired) electrons. The molecule has 5 aromatic carbocycles. The van der Waals surface area contributed by atoms with Crippen LogP contribution in [0.15, 0.2) is 142 Å². The fraction of sp³-hybridized carbons (Fsp3) is 0.417. The molecule has 11 rings (SSSR count). The average molecular weight is 1190 g/mol. The maximum Gasteiger partial charge on any atom is 0.501 e. The van der Waals surface area contributed by atoms with Crippen molar-refractivity contribution in [1.82, 2.24) is 24.7 Å². The van der Waals surface area contributed by atoms with Gasteiger partial charge in [0.2, 0.25) is 11.8 Å². The maximum atomic E-state index is 14.5. The van der Waals surface area contributed by atoms with Gasteiger partial charge in [-0.25, -0.2) is 21.6 Å². The molecule has 5 saturated heterocycles. The van der Waals surface area contributed by atoms with E-state index in [-0.39, 0.29) is 40.8 Å². The molecule has 430 valence electrons. The summed E-state index contributed by atoms with van der Waals surface area (Å²) < 4.78 is 99.7. The van der Waals surface area contributed by atoms with Gasteiger partial charge >= 0.3 is 5.51 Å². The number of hydrogen-bond acceptors (Lipinski definition) is 13. The van der Waals surface area contributed by atoms with Gasteiger partial charge in [-0.05, 0) is 133 Å². The molecule has 0 aromatic heterocycles. The molecule has 14 nitrogen and oxygen atoms in total. The quantitative estimate of drug-likeness (QED) is 0.0528. The van der Waals surface area contributed by atoms with Crippen LogP contribution in [0.2, 0.25) is 5.02 Å². The van der Waals surface area contributed by atoms with E-state index in [1.54, 1.807) is 12.1 Å². The first kappa shape index (κ1) is 58.5. The number of amides is 3. The predicted octanol–water partition coefficient (Wildman–Crippen LogP) is 9.98. The van der Waals surface area contributed by atoms with E-state index >= 15 is 0 Å². The number of imide groups is 1. The minimum atomic E-state index is -6.12. The van der Waals surface area contributed by atoms with Gasteiger partial charge in [0.05, 0.1) is 16.5 Å². The molecule has 21 heteroatoms. The van der Waals surface area contributed by atoms with Crippen molar-refractivity contribution in [2.75, 3.05) is 68.3 Å². The lowest BCUT2D eigenvalue weighted by atomic mass is 9.73. The number of nitrogens with one attached hydrogen (secondary N) is 3. The summed E-state index contributed by atoms with van der Waals surface area (Å²) in [5, 5.41) is 6.20. The SMILES string of the molecule is CC1(C)CCC(c2ccc(Cl)cc2)=C(CN2CCN(c3ccc(C(=O)NS(=O)(=O)c4ccc(N[C@H](CCN5CC6CC(C5)N6Cc5ccc(C6CCC(=O)NC6=O)cc5)CSc5ccccc5)c(S(=O)(=O)C(F)(F)F)c4)cc3)CC2)C1. The molecule has 3 amide bonds. The van der Waals surface area contributed by atoms with Crippen molar-refractivity contribution in [1.29, 1.82) is 0 Å². The highest BCUT2D eigenvalue weighted by molar-refractivity contribution is 7.99. The number of halogens is 4. The molecule has 5 aliphatic heterocycles. The standard InChI is InChI=1S/C60H67ClF3N7O7S3/c1-59(2)26-24-52(41-12-16-45(61)17-13-41)44(34-59)36-68-28-30-70(31-29-68)47-18-14-43(15-19-47)57(73)67-81(77,78)51-20-22-54(55(33-51)80(75,76)60(62,63)64)65-46(39-79-50-6-4-3-5-7-50)25-27-69-37-48-32-49(38-69)71(48)35-40-8-10-42(11-9-40)53-21-23-56(72)66-58(53)74/h3-20,22,33,46,48-49,53,65H,21,23-32,34-39H2,1-2H3,(H,67,73)(H,66,72,74)/t46-,48?,49?,53?/m1/s1. The molecule has 2 bridgehead atoms. The first-order valence-electron chi connectivity index (χ1n) is 27.5. The monoisotopic (exact) mass is 1190 g/mol. The van der Waals surface area contributed by atoms with Gasteiger partial charge in [0.15, 0.2) is 0 Å². The largest absolute Gasteiger partial charge is 0.501 e. The number of sulfone groups is 1. The van der Waals surface area contributed by atoms with Crippen LogP contribution in [0, 0.1) is 5.41 Å². The minimum Gasteiger partial charge on any atom is -0.380 e. The number of hydrogen-bond donors (Lipinski definition) is 3. The van der Waals surface area contributed by atoms with Crippen molar-refractivity contribution in [3.05, 3.63) is 154 Å². The number of carbonyl (C=O) groups is 3. The molecule has 81 heavy (non-hydrogen) atoms. The lowest BCUT2D eigenvalue weighted by Gasteiger charge is -2.56. The van der Waals surface area contributed by atoms with Crippen molar-refractivity contribution in [2.24, 2.45) is 5.41 Å². The van der Waals surface area contributed by atoms with Crippen LogP contribution >= 0.6 is 23.4 Å². The maximum absolute atomic E-state index is 14.5. The second kappa shape index (κ2) is 24.2. The highest BCUT2D eigenvalue weighted by Crippen LogP contribution is 2.43. The van der Waals surface area contributed by atoms with E-state index in [0.717, 1.165) is 112 Å². The first-order valence-corrected chi connectivity index (χ1v) is 31.8. The van der Waals surface area contributed by atoms with Crippen molar-refractivity contribution >= 4 is 77.9 Å². The smallest absolute Gasteiger partial charge is 0.380 e. The second-order valence-corrected chi connectivity index (χ2v) is 27.9. The van der Waals surface area contributed by atoms with Crippen molar-refractivity contribution in [3.8, 4) is 0 Å². The Kier molecular flexibility index (Phi) is 17.5. The number of nitrogens with zero attached hydrogens (tertiary/aromatic N) is 4. The first-order chi connectivity index (χ1) is 38.6. The normalized spacial score (nSPS) is 21.5. The molecule has 3 unspecified atom stereocenters. The Morgan fingerprint density at radius 3 is 2.19 bits per heavy atom. The fourth-order valence-electron chi connectivity index (χ4n) is 12.0. The predicted molar refractivity (Wildman–Crippen MR) is 310 cm³/mol. The Labute approximate surface area is 481 Å². The number of piperazine rings is 2. The van der Waals surface area contributed by atoms with E-state index in [2.05, 4.69) is 56.2 Å². The Bertz CT molecular complexity index is 3370. The van der Waals surface area contributed by atoms with Crippen LogP contribution in [0.5, 0.6) is 0 Å². The number of sulfonamides is 1. The Morgan fingerprint density at radius 2 is 1.52 bits per heavy atom. The van der Waals surface area contributed by atoms with Gasteiger partial charge in [0.25, 0.3) is 25.8 Å². The minimum absolute atomic E-state index is 0.0141. The third-order valence-corrected chi connectivity index (χ3v) is 20.8. The van der Waals surface area contributed by atoms with Crippen LogP contribution in [0.1, 0.15) is 91.8 Å². The van der Waals surface area contributed by atoms with Crippen LogP contribution in [-0.4, -0.2) is 131 Å². The second-order valence-electron chi connectivity index (χ2n) is 22.8. The van der Waals surface area contributed by atoms with Crippen molar-refractivity contribution in [3.63, 3.8) is 0 Å². The van der Waals surface area contributed by atoms with Gasteiger partial charge in [-0.1, -0.05) is 85.6 Å². The number of alkyl halides is 3. The molecule has 4 atom stereocenters. The third-order valence-electron chi connectivity index (χ3n) is 16.5. The molecule has 5 heterocycles. The highest BCUT2D eigenvalue weighted by atomic mass is 35.5. The molecule has 5 aromatic rings. The van der Waals surface area contributed by atoms with Crippen molar-refractivity contribution < 1.29 is 44.4 Å². The summed E-state index contributed by atoms with van der Waals surface area (Å²) in [5.74, 6) is -1.58. The molecule has 6 aliphatic rings.